The molecule has 2 aromatic rings. The highest BCUT2D eigenvalue weighted by molar-refractivity contribution is 6.30. The lowest BCUT2D eigenvalue weighted by Gasteiger charge is -2.23. The Morgan fingerprint density at radius 2 is 2.05 bits per heavy atom. The van der Waals surface area contributed by atoms with E-state index in [0.29, 0.717) is 17.6 Å². The Morgan fingerprint density at radius 1 is 1.29 bits per heavy atom. The van der Waals surface area contributed by atoms with Gasteiger partial charge in [-0.05, 0) is 48.7 Å². The van der Waals surface area contributed by atoms with E-state index < -0.39 is 0 Å². The van der Waals surface area contributed by atoms with Crippen LogP contribution < -0.4 is 5.32 Å². The van der Waals surface area contributed by atoms with Gasteiger partial charge in [0, 0.05) is 35.7 Å². The summed E-state index contributed by atoms with van der Waals surface area (Å²) in [6.45, 7) is 0.581. The first-order valence-electron chi connectivity index (χ1n) is 6.94. The van der Waals surface area contributed by atoms with Crippen molar-refractivity contribution >= 4 is 23.3 Å². The van der Waals surface area contributed by atoms with E-state index in [1.807, 2.05) is 17.0 Å². The van der Waals surface area contributed by atoms with E-state index in [9.17, 15) is 4.79 Å². The Bertz CT molecular complexity index is 611. The number of anilines is 1. The molecule has 1 fully saturated rings. The SMILES string of the molecule is O=C(Nc1ccc(Cl)cc1)N(Cc1cccnc1)C1CC1. The Kier molecular flexibility index (Phi) is 4.06. The minimum atomic E-state index is -0.0799. The Morgan fingerprint density at radius 3 is 2.67 bits per heavy atom. The second-order valence-corrected chi connectivity index (χ2v) is 5.59. The van der Waals surface area contributed by atoms with Gasteiger partial charge in [0.2, 0.25) is 0 Å². The Hall–Kier alpha value is -2.07. The van der Waals surface area contributed by atoms with Crippen LogP contribution in [0.2, 0.25) is 5.02 Å². The van der Waals surface area contributed by atoms with Gasteiger partial charge in [-0.2, -0.15) is 0 Å². The summed E-state index contributed by atoms with van der Waals surface area (Å²) < 4.78 is 0. The van der Waals surface area contributed by atoms with E-state index in [1.165, 1.54) is 0 Å². The predicted molar refractivity (Wildman–Crippen MR) is 83.3 cm³/mol. The zero-order valence-corrected chi connectivity index (χ0v) is 12.3. The monoisotopic (exact) mass is 301 g/mol. The zero-order chi connectivity index (χ0) is 14.7. The third kappa shape index (κ3) is 3.73. The standard InChI is InChI=1S/C16H16ClN3O/c17-13-3-5-14(6-4-13)19-16(21)20(15-7-8-15)11-12-2-1-9-18-10-12/h1-6,9-10,15H,7-8,11H2,(H,19,21). The van der Waals surface area contributed by atoms with Crippen molar-refractivity contribution in [2.75, 3.05) is 5.32 Å². The molecule has 0 radical (unpaired) electrons. The highest BCUT2D eigenvalue weighted by atomic mass is 35.5. The number of carbonyl (C=O) groups is 1. The van der Waals surface area contributed by atoms with Crippen LogP contribution in [0.4, 0.5) is 10.5 Å². The predicted octanol–water partition coefficient (Wildman–Crippen LogP) is 3.93. The third-order valence-corrected chi connectivity index (χ3v) is 3.67. The fourth-order valence-electron chi connectivity index (χ4n) is 2.17. The molecule has 1 aromatic carbocycles. The molecule has 108 valence electrons. The Labute approximate surface area is 128 Å². The molecule has 1 saturated carbocycles. The molecule has 2 amide bonds. The van der Waals surface area contributed by atoms with Crippen LogP contribution in [0.5, 0.6) is 0 Å². The van der Waals surface area contributed by atoms with Crippen molar-refractivity contribution in [2.24, 2.45) is 0 Å². The number of aromatic nitrogens is 1. The summed E-state index contributed by atoms with van der Waals surface area (Å²) >= 11 is 5.85. The van der Waals surface area contributed by atoms with Gasteiger partial charge < -0.3 is 10.2 Å². The molecule has 5 heteroatoms. The lowest BCUT2D eigenvalue weighted by atomic mass is 10.2. The van der Waals surface area contributed by atoms with Crippen molar-refractivity contribution in [3.8, 4) is 0 Å². The summed E-state index contributed by atoms with van der Waals surface area (Å²) in [6.07, 6.45) is 5.66. The average molecular weight is 302 g/mol. The molecule has 0 saturated heterocycles. The summed E-state index contributed by atoms with van der Waals surface area (Å²) in [5.41, 5.74) is 1.79. The van der Waals surface area contributed by atoms with Gasteiger partial charge >= 0.3 is 6.03 Å². The molecule has 21 heavy (non-hydrogen) atoms. The number of rotatable bonds is 4. The van der Waals surface area contributed by atoms with Crippen LogP contribution in [0, 0.1) is 0 Å². The maximum atomic E-state index is 12.4. The van der Waals surface area contributed by atoms with Crippen molar-refractivity contribution < 1.29 is 4.79 Å². The maximum Gasteiger partial charge on any atom is 0.322 e. The molecule has 0 spiro atoms. The highest BCUT2D eigenvalue weighted by Gasteiger charge is 2.32. The fraction of sp³-hybridized carbons (Fsp3) is 0.250. The lowest BCUT2D eigenvalue weighted by molar-refractivity contribution is 0.206. The maximum absolute atomic E-state index is 12.4. The van der Waals surface area contributed by atoms with E-state index in [0.717, 1.165) is 24.1 Å². The minimum Gasteiger partial charge on any atom is -0.317 e. The van der Waals surface area contributed by atoms with Crippen molar-refractivity contribution in [2.45, 2.75) is 25.4 Å². The van der Waals surface area contributed by atoms with Gasteiger partial charge in [0.15, 0.2) is 0 Å². The number of hydrogen-bond donors (Lipinski definition) is 1. The average Bonchev–Trinajstić information content (AvgIpc) is 3.33. The van der Waals surface area contributed by atoms with E-state index in [1.54, 1.807) is 36.7 Å². The molecular weight excluding hydrogens is 286 g/mol. The van der Waals surface area contributed by atoms with Gasteiger partial charge in [-0.15, -0.1) is 0 Å². The molecule has 1 aromatic heterocycles. The van der Waals surface area contributed by atoms with Gasteiger partial charge in [-0.1, -0.05) is 17.7 Å². The van der Waals surface area contributed by atoms with Gasteiger partial charge in [0.25, 0.3) is 0 Å². The summed E-state index contributed by atoms with van der Waals surface area (Å²) in [7, 11) is 0. The number of amides is 2. The van der Waals surface area contributed by atoms with Crippen LogP contribution in [0.25, 0.3) is 0 Å². The Balaban J connectivity index is 1.69. The summed E-state index contributed by atoms with van der Waals surface area (Å²) in [5.74, 6) is 0. The van der Waals surface area contributed by atoms with Crippen LogP contribution in [0.15, 0.2) is 48.8 Å². The van der Waals surface area contributed by atoms with Crippen molar-refractivity contribution in [3.63, 3.8) is 0 Å². The smallest absolute Gasteiger partial charge is 0.317 e. The summed E-state index contributed by atoms with van der Waals surface area (Å²) in [6, 6.07) is 11.3. The molecule has 0 bridgehead atoms. The largest absolute Gasteiger partial charge is 0.322 e. The van der Waals surface area contributed by atoms with Crippen molar-refractivity contribution in [1.82, 2.24) is 9.88 Å². The van der Waals surface area contributed by atoms with Crippen LogP contribution in [0.1, 0.15) is 18.4 Å². The summed E-state index contributed by atoms with van der Waals surface area (Å²) in [4.78, 5) is 18.4. The van der Waals surface area contributed by atoms with E-state index in [4.69, 9.17) is 11.6 Å². The number of benzene rings is 1. The number of hydrogen-bond acceptors (Lipinski definition) is 2. The number of nitrogens with one attached hydrogen (secondary N) is 1. The number of carbonyl (C=O) groups excluding carboxylic acids is 1. The second-order valence-electron chi connectivity index (χ2n) is 5.16. The van der Waals surface area contributed by atoms with Crippen LogP contribution >= 0.6 is 11.6 Å². The number of nitrogens with zero attached hydrogens (tertiary/aromatic N) is 2. The van der Waals surface area contributed by atoms with Gasteiger partial charge in [-0.25, -0.2) is 4.79 Å². The quantitative estimate of drug-likeness (QED) is 0.930. The first kappa shape index (κ1) is 13.9. The van der Waals surface area contributed by atoms with E-state index in [2.05, 4.69) is 10.3 Å². The van der Waals surface area contributed by atoms with Gasteiger partial charge in [-0.3, -0.25) is 4.98 Å². The first-order valence-corrected chi connectivity index (χ1v) is 7.32. The minimum absolute atomic E-state index is 0.0799. The van der Waals surface area contributed by atoms with Crippen molar-refractivity contribution in [1.29, 1.82) is 0 Å². The van der Waals surface area contributed by atoms with E-state index in [-0.39, 0.29) is 6.03 Å². The first-order chi connectivity index (χ1) is 10.2. The van der Waals surface area contributed by atoms with Crippen LogP contribution in [-0.2, 0) is 6.54 Å². The molecule has 1 N–H and O–H groups in total. The van der Waals surface area contributed by atoms with Crippen LogP contribution in [0.3, 0.4) is 0 Å². The molecular formula is C16H16ClN3O. The third-order valence-electron chi connectivity index (χ3n) is 3.42. The van der Waals surface area contributed by atoms with Gasteiger partial charge in [0.05, 0.1) is 0 Å². The van der Waals surface area contributed by atoms with Crippen LogP contribution in [-0.4, -0.2) is 22.0 Å². The summed E-state index contributed by atoms with van der Waals surface area (Å²) in [5, 5.41) is 3.57. The molecule has 1 heterocycles. The number of pyridine rings is 1. The second kappa shape index (κ2) is 6.14. The molecule has 0 atom stereocenters. The molecule has 4 nitrogen and oxygen atoms in total. The molecule has 3 rings (SSSR count). The number of halogens is 1. The molecule has 0 unspecified atom stereocenters. The zero-order valence-electron chi connectivity index (χ0n) is 11.5. The number of urea groups is 1. The lowest BCUT2D eigenvalue weighted by Crippen LogP contribution is -2.36. The topological polar surface area (TPSA) is 45.2 Å². The molecule has 1 aliphatic rings. The molecule has 0 aliphatic heterocycles. The van der Waals surface area contributed by atoms with Gasteiger partial charge in [0.1, 0.15) is 0 Å². The fourth-order valence-corrected chi connectivity index (χ4v) is 2.30. The molecule has 1 aliphatic carbocycles. The highest BCUT2D eigenvalue weighted by Crippen LogP contribution is 2.29. The van der Waals surface area contributed by atoms with Crippen molar-refractivity contribution in [3.05, 3.63) is 59.4 Å². The normalized spacial score (nSPS) is 13.8. The van der Waals surface area contributed by atoms with E-state index >= 15 is 0 Å².